The fourth-order valence-electron chi connectivity index (χ4n) is 1.18. The number of primary amides is 1. The van der Waals surface area contributed by atoms with Gasteiger partial charge in [0.05, 0.1) is 20.2 Å². The molecule has 0 saturated heterocycles. The Labute approximate surface area is 99.1 Å². The van der Waals surface area contributed by atoms with Crippen LogP contribution < -0.4 is 21.1 Å². The first-order valence-corrected chi connectivity index (χ1v) is 5.04. The van der Waals surface area contributed by atoms with Crippen LogP contribution in [0.15, 0.2) is 24.3 Å². The summed E-state index contributed by atoms with van der Waals surface area (Å²) in [5, 5.41) is 5.27. The quantitative estimate of drug-likeness (QED) is 0.633. The highest BCUT2D eigenvalue weighted by Crippen LogP contribution is 2.14. The normalized spacial score (nSPS) is 9.71. The van der Waals surface area contributed by atoms with Crippen LogP contribution in [0, 0.1) is 0 Å². The Kier molecular flexibility index (Phi) is 4.96. The van der Waals surface area contributed by atoms with Crippen molar-refractivity contribution in [2.45, 2.75) is 0 Å². The summed E-state index contributed by atoms with van der Waals surface area (Å²) in [4.78, 5) is 21.8. The zero-order valence-electron chi connectivity index (χ0n) is 9.53. The topological polar surface area (TPSA) is 93.4 Å². The maximum Gasteiger partial charge on any atom is 0.238 e. The molecule has 0 saturated carbocycles. The third-order valence-corrected chi connectivity index (χ3v) is 1.96. The zero-order chi connectivity index (χ0) is 12.7. The standard InChI is InChI=1S/C11H15N3O3/c1-17-9-4-2-8(3-5-9)14-11(16)7-13-6-10(12)15/h2-5,13H,6-7H2,1H3,(H2,12,15)(H,14,16). The van der Waals surface area contributed by atoms with Crippen molar-refractivity contribution >= 4 is 17.5 Å². The van der Waals surface area contributed by atoms with Gasteiger partial charge in [-0.05, 0) is 24.3 Å². The Morgan fingerprint density at radius 3 is 2.41 bits per heavy atom. The molecule has 92 valence electrons. The van der Waals surface area contributed by atoms with Crippen LogP contribution in [0.2, 0.25) is 0 Å². The van der Waals surface area contributed by atoms with Crippen LogP contribution >= 0.6 is 0 Å². The van der Waals surface area contributed by atoms with Gasteiger partial charge in [0, 0.05) is 5.69 Å². The molecule has 0 spiro atoms. The van der Waals surface area contributed by atoms with Gasteiger partial charge in [-0.2, -0.15) is 0 Å². The number of methoxy groups -OCH3 is 1. The van der Waals surface area contributed by atoms with E-state index in [1.54, 1.807) is 31.4 Å². The van der Waals surface area contributed by atoms with Gasteiger partial charge in [-0.3, -0.25) is 14.9 Å². The number of hydrogen-bond acceptors (Lipinski definition) is 4. The second kappa shape index (κ2) is 6.49. The lowest BCUT2D eigenvalue weighted by Gasteiger charge is -2.06. The molecule has 0 aliphatic heterocycles. The van der Waals surface area contributed by atoms with Crippen LogP contribution in [0.1, 0.15) is 0 Å². The van der Waals surface area contributed by atoms with E-state index in [1.165, 1.54) is 0 Å². The van der Waals surface area contributed by atoms with Gasteiger partial charge in [-0.25, -0.2) is 0 Å². The Morgan fingerprint density at radius 1 is 1.24 bits per heavy atom. The van der Waals surface area contributed by atoms with E-state index in [-0.39, 0.29) is 19.0 Å². The summed E-state index contributed by atoms with van der Waals surface area (Å²) in [6.07, 6.45) is 0. The van der Waals surface area contributed by atoms with Gasteiger partial charge in [-0.15, -0.1) is 0 Å². The molecule has 0 radical (unpaired) electrons. The van der Waals surface area contributed by atoms with Crippen LogP contribution in [0.4, 0.5) is 5.69 Å². The smallest absolute Gasteiger partial charge is 0.238 e. The molecule has 4 N–H and O–H groups in total. The maximum absolute atomic E-state index is 11.4. The van der Waals surface area contributed by atoms with Gasteiger partial charge in [0.1, 0.15) is 5.75 Å². The lowest BCUT2D eigenvalue weighted by Crippen LogP contribution is -2.34. The first-order valence-electron chi connectivity index (χ1n) is 5.04. The molecule has 0 aliphatic rings. The van der Waals surface area contributed by atoms with Crippen LogP contribution in [0.5, 0.6) is 5.75 Å². The van der Waals surface area contributed by atoms with Gasteiger partial charge >= 0.3 is 0 Å². The average Bonchev–Trinajstić information content (AvgIpc) is 2.29. The Morgan fingerprint density at radius 2 is 1.88 bits per heavy atom. The van der Waals surface area contributed by atoms with Crippen molar-refractivity contribution in [3.63, 3.8) is 0 Å². The number of hydrogen-bond donors (Lipinski definition) is 3. The number of carbonyl (C=O) groups is 2. The predicted molar refractivity (Wildman–Crippen MR) is 63.7 cm³/mol. The lowest BCUT2D eigenvalue weighted by molar-refractivity contribution is -0.117. The summed E-state index contributed by atoms with van der Waals surface area (Å²) in [6, 6.07) is 6.94. The second-order valence-electron chi connectivity index (χ2n) is 3.35. The van der Waals surface area contributed by atoms with Gasteiger partial charge in [-0.1, -0.05) is 0 Å². The van der Waals surface area contributed by atoms with E-state index in [1.807, 2.05) is 0 Å². The van der Waals surface area contributed by atoms with E-state index in [9.17, 15) is 9.59 Å². The molecule has 2 amide bonds. The van der Waals surface area contributed by atoms with E-state index in [4.69, 9.17) is 10.5 Å². The van der Waals surface area contributed by atoms with Crippen LogP contribution in [0.3, 0.4) is 0 Å². The third kappa shape index (κ3) is 4.98. The summed E-state index contributed by atoms with van der Waals surface area (Å²) in [5.41, 5.74) is 5.58. The molecule has 0 heterocycles. The van der Waals surface area contributed by atoms with Crippen molar-refractivity contribution in [1.29, 1.82) is 0 Å². The second-order valence-corrected chi connectivity index (χ2v) is 3.35. The third-order valence-electron chi connectivity index (χ3n) is 1.96. The summed E-state index contributed by atoms with van der Waals surface area (Å²) in [7, 11) is 1.57. The monoisotopic (exact) mass is 237 g/mol. The molecule has 0 bridgehead atoms. The first kappa shape index (κ1) is 13.0. The van der Waals surface area contributed by atoms with E-state index < -0.39 is 5.91 Å². The van der Waals surface area contributed by atoms with Gasteiger partial charge in [0.15, 0.2) is 0 Å². The van der Waals surface area contributed by atoms with Crippen molar-refractivity contribution in [3.05, 3.63) is 24.3 Å². The molecule has 6 nitrogen and oxygen atoms in total. The number of carbonyl (C=O) groups excluding carboxylic acids is 2. The zero-order valence-corrected chi connectivity index (χ0v) is 9.53. The molecule has 0 fully saturated rings. The number of nitrogens with one attached hydrogen (secondary N) is 2. The molecule has 17 heavy (non-hydrogen) atoms. The molecule has 6 heteroatoms. The van der Waals surface area contributed by atoms with Crippen molar-refractivity contribution in [3.8, 4) is 5.75 Å². The van der Waals surface area contributed by atoms with Gasteiger partial charge in [0.2, 0.25) is 11.8 Å². The maximum atomic E-state index is 11.4. The van der Waals surface area contributed by atoms with Crippen LogP contribution in [-0.4, -0.2) is 32.0 Å². The SMILES string of the molecule is COc1ccc(NC(=O)CNCC(N)=O)cc1. The van der Waals surface area contributed by atoms with Crippen molar-refractivity contribution in [2.75, 3.05) is 25.5 Å². The molecule has 0 unspecified atom stereocenters. The Balaban J connectivity index is 2.37. The minimum absolute atomic E-state index is 0.0178. The van der Waals surface area contributed by atoms with Crippen molar-refractivity contribution in [1.82, 2.24) is 5.32 Å². The van der Waals surface area contributed by atoms with Crippen LogP contribution in [0.25, 0.3) is 0 Å². The van der Waals surface area contributed by atoms with Crippen LogP contribution in [-0.2, 0) is 9.59 Å². The fraction of sp³-hybridized carbons (Fsp3) is 0.273. The molecule has 0 atom stereocenters. The van der Waals surface area contributed by atoms with Crippen molar-refractivity contribution < 1.29 is 14.3 Å². The van der Waals surface area contributed by atoms with Crippen molar-refractivity contribution in [2.24, 2.45) is 5.73 Å². The highest BCUT2D eigenvalue weighted by molar-refractivity contribution is 5.92. The molecule has 0 aliphatic carbocycles. The molecule has 1 rings (SSSR count). The summed E-state index contributed by atoms with van der Waals surface area (Å²) < 4.78 is 4.99. The largest absolute Gasteiger partial charge is 0.497 e. The van der Waals surface area contributed by atoms with E-state index >= 15 is 0 Å². The average molecular weight is 237 g/mol. The molecule has 1 aromatic carbocycles. The number of benzene rings is 1. The number of ether oxygens (including phenoxy) is 1. The number of rotatable bonds is 6. The fourth-order valence-corrected chi connectivity index (χ4v) is 1.18. The lowest BCUT2D eigenvalue weighted by atomic mass is 10.3. The van der Waals surface area contributed by atoms with E-state index in [0.717, 1.165) is 5.75 Å². The van der Waals surface area contributed by atoms with Gasteiger partial charge < -0.3 is 15.8 Å². The number of anilines is 1. The summed E-state index contributed by atoms with van der Waals surface area (Å²) >= 11 is 0. The highest BCUT2D eigenvalue weighted by atomic mass is 16.5. The minimum Gasteiger partial charge on any atom is -0.497 e. The molecular formula is C11H15N3O3. The van der Waals surface area contributed by atoms with Gasteiger partial charge in [0.25, 0.3) is 0 Å². The Hall–Kier alpha value is -2.08. The predicted octanol–water partition coefficient (Wildman–Crippen LogP) is -0.291. The highest BCUT2D eigenvalue weighted by Gasteiger charge is 2.02. The first-order chi connectivity index (χ1) is 8.11. The number of nitrogens with two attached hydrogens (primary N) is 1. The molecule has 1 aromatic rings. The summed E-state index contributed by atoms with van der Waals surface area (Å²) in [5.74, 6) is -0.0199. The van der Waals surface area contributed by atoms with E-state index in [0.29, 0.717) is 5.69 Å². The minimum atomic E-state index is -0.498. The molecular weight excluding hydrogens is 222 g/mol. The number of amides is 2. The Bertz CT molecular complexity index is 389. The molecule has 0 aromatic heterocycles. The van der Waals surface area contributed by atoms with E-state index in [2.05, 4.69) is 10.6 Å². The summed E-state index contributed by atoms with van der Waals surface area (Å²) in [6.45, 7) is 0.0189.